The molecule has 3 aromatic rings. The van der Waals surface area contributed by atoms with Crippen LogP contribution >= 0.6 is 34.7 Å². The number of aromatic nitrogens is 2. The molecule has 0 aliphatic rings. The fourth-order valence-corrected chi connectivity index (χ4v) is 4.08. The second-order valence-electron chi connectivity index (χ2n) is 4.87. The average molecular weight is 351 g/mol. The molecule has 3 rings (SSSR count). The first-order chi connectivity index (χ1) is 10.6. The van der Waals surface area contributed by atoms with Crippen molar-refractivity contribution >= 4 is 44.9 Å². The van der Waals surface area contributed by atoms with Gasteiger partial charge in [0, 0.05) is 9.90 Å². The van der Waals surface area contributed by atoms with E-state index in [0.717, 1.165) is 22.0 Å². The summed E-state index contributed by atoms with van der Waals surface area (Å²) in [6.45, 7) is 2.53. The predicted molar refractivity (Wildman–Crippen MR) is 95.6 cm³/mol. The Labute approximate surface area is 142 Å². The molecule has 6 heteroatoms. The lowest BCUT2D eigenvalue weighted by atomic mass is 10.2. The molecule has 0 fully saturated rings. The Kier molecular flexibility index (Phi) is 4.57. The molecule has 0 atom stereocenters. The fourth-order valence-electron chi connectivity index (χ4n) is 2.31. The zero-order chi connectivity index (χ0) is 15.7. The molecule has 0 spiro atoms. The standard InChI is InChI=1S/C16H15ClN2OS2/c1-3-11-8-12-14(22-11)18-16(21-2)19(15(12)20)9-10-6-4-5-7-13(10)17/h4-8H,3,9H2,1-2H3. The van der Waals surface area contributed by atoms with Gasteiger partial charge in [0.1, 0.15) is 4.83 Å². The van der Waals surface area contributed by atoms with Crippen LogP contribution in [0.4, 0.5) is 0 Å². The summed E-state index contributed by atoms with van der Waals surface area (Å²) in [7, 11) is 0. The van der Waals surface area contributed by atoms with Crippen molar-refractivity contribution in [1.82, 2.24) is 9.55 Å². The lowest BCUT2D eigenvalue weighted by Gasteiger charge is -2.11. The Morgan fingerprint density at radius 2 is 2.14 bits per heavy atom. The van der Waals surface area contributed by atoms with E-state index in [4.69, 9.17) is 11.6 Å². The molecular formula is C16H15ClN2OS2. The van der Waals surface area contributed by atoms with E-state index in [1.807, 2.05) is 36.6 Å². The van der Waals surface area contributed by atoms with Gasteiger partial charge in [0.05, 0.1) is 11.9 Å². The minimum absolute atomic E-state index is 0.00483. The minimum atomic E-state index is 0.00483. The Balaban J connectivity index is 2.17. The highest BCUT2D eigenvalue weighted by Crippen LogP contribution is 2.25. The lowest BCUT2D eigenvalue weighted by molar-refractivity contribution is 0.660. The molecule has 3 nitrogen and oxygen atoms in total. The maximum Gasteiger partial charge on any atom is 0.263 e. The number of hydrogen-bond acceptors (Lipinski definition) is 4. The summed E-state index contributed by atoms with van der Waals surface area (Å²) in [5.74, 6) is 0. The highest BCUT2D eigenvalue weighted by Gasteiger charge is 2.14. The van der Waals surface area contributed by atoms with Crippen LogP contribution < -0.4 is 5.56 Å². The molecule has 1 aromatic carbocycles. The Morgan fingerprint density at radius 1 is 1.36 bits per heavy atom. The number of rotatable bonds is 4. The van der Waals surface area contributed by atoms with E-state index in [9.17, 15) is 4.79 Å². The van der Waals surface area contributed by atoms with Crippen LogP contribution in [0.25, 0.3) is 10.2 Å². The van der Waals surface area contributed by atoms with Gasteiger partial charge < -0.3 is 0 Å². The molecule has 0 unspecified atom stereocenters. The lowest BCUT2D eigenvalue weighted by Crippen LogP contribution is -2.23. The largest absolute Gasteiger partial charge is 0.282 e. The van der Waals surface area contributed by atoms with Crippen molar-refractivity contribution in [2.75, 3.05) is 6.26 Å². The van der Waals surface area contributed by atoms with Crippen LogP contribution in [0.15, 0.2) is 40.3 Å². The van der Waals surface area contributed by atoms with Crippen LogP contribution in [-0.4, -0.2) is 15.8 Å². The van der Waals surface area contributed by atoms with Crippen molar-refractivity contribution in [1.29, 1.82) is 0 Å². The maximum atomic E-state index is 12.8. The van der Waals surface area contributed by atoms with Gasteiger partial charge in [-0.05, 0) is 30.4 Å². The third kappa shape index (κ3) is 2.81. The van der Waals surface area contributed by atoms with Gasteiger partial charge >= 0.3 is 0 Å². The second-order valence-corrected chi connectivity index (χ2v) is 7.16. The first kappa shape index (κ1) is 15.6. The van der Waals surface area contributed by atoms with Crippen LogP contribution in [-0.2, 0) is 13.0 Å². The van der Waals surface area contributed by atoms with Crippen molar-refractivity contribution in [3.05, 3.63) is 56.1 Å². The number of thioether (sulfide) groups is 1. The van der Waals surface area contributed by atoms with Crippen molar-refractivity contribution in [2.45, 2.75) is 25.0 Å². The van der Waals surface area contributed by atoms with E-state index in [0.29, 0.717) is 17.0 Å². The van der Waals surface area contributed by atoms with Gasteiger partial charge in [-0.15, -0.1) is 11.3 Å². The number of benzene rings is 1. The van der Waals surface area contributed by atoms with E-state index in [1.165, 1.54) is 16.6 Å². The summed E-state index contributed by atoms with van der Waals surface area (Å²) in [5.41, 5.74) is 0.930. The third-order valence-electron chi connectivity index (χ3n) is 3.48. The van der Waals surface area contributed by atoms with E-state index >= 15 is 0 Å². The van der Waals surface area contributed by atoms with E-state index in [2.05, 4.69) is 11.9 Å². The fraction of sp³-hybridized carbons (Fsp3) is 0.250. The second kappa shape index (κ2) is 6.44. The number of nitrogens with zero attached hydrogens (tertiary/aromatic N) is 2. The molecular weight excluding hydrogens is 336 g/mol. The van der Waals surface area contributed by atoms with Crippen LogP contribution in [0.3, 0.4) is 0 Å². The summed E-state index contributed by atoms with van der Waals surface area (Å²) in [6, 6.07) is 9.55. The first-order valence-corrected chi connectivity index (χ1v) is 9.36. The molecule has 0 saturated carbocycles. The number of halogens is 1. The van der Waals surface area contributed by atoms with E-state index < -0.39 is 0 Å². The normalized spacial score (nSPS) is 11.2. The monoisotopic (exact) mass is 350 g/mol. The van der Waals surface area contributed by atoms with Crippen molar-refractivity contribution < 1.29 is 0 Å². The average Bonchev–Trinajstić information content (AvgIpc) is 2.95. The van der Waals surface area contributed by atoms with Crippen LogP contribution in [0.2, 0.25) is 5.02 Å². The number of thiophene rings is 1. The minimum Gasteiger partial charge on any atom is -0.282 e. The van der Waals surface area contributed by atoms with Crippen LogP contribution in [0.1, 0.15) is 17.4 Å². The summed E-state index contributed by atoms with van der Waals surface area (Å²) >= 11 is 9.30. The molecule has 22 heavy (non-hydrogen) atoms. The zero-order valence-electron chi connectivity index (χ0n) is 12.3. The first-order valence-electron chi connectivity index (χ1n) is 6.94. The molecule has 0 amide bonds. The van der Waals surface area contributed by atoms with Crippen molar-refractivity contribution in [3.8, 4) is 0 Å². The molecule has 0 saturated heterocycles. The highest BCUT2D eigenvalue weighted by molar-refractivity contribution is 7.98. The van der Waals surface area contributed by atoms with Crippen LogP contribution in [0.5, 0.6) is 0 Å². The molecule has 0 bridgehead atoms. The topological polar surface area (TPSA) is 34.9 Å². The van der Waals surface area contributed by atoms with Crippen molar-refractivity contribution in [3.63, 3.8) is 0 Å². The van der Waals surface area contributed by atoms with E-state index in [-0.39, 0.29) is 5.56 Å². The predicted octanol–water partition coefficient (Wildman–Crippen LogP) is 4.44. The van der Waals surface area contributed by atoms with Gasteiger partial charge in [0.2, 0.25) is 0 Å². The van der Waals surface area contributed by atoms with Gasteiger partial charge in [-0.2, -0.15) is 0 Å². The molecule has 0 aliphatic heterocycles. The molecule has 2 heterocycles. The summed E-state index contributed by atoms with van der Waals surface area (Å²) in [4.78, 5) is 19.5. The Hall–Kier alpha value is -1.30. The number of aryl methyl sites for hydroxylation is 1. The summed E-state index contributed by atoms with van der Waals surface area (Å²) < 4.78 is 1.71. The maximum absolute atomic E-state index is 12.8. The Morgan fingerprint density at radius 3 is 2.82 bits per heavy atom. The van der Waals surface area contributed by atoms with Crippen molar-refractivity contribution in [2.24, 2.45) is 0 Å². The summed E-state index contributed by atoms with van der Waals surface area (Å²) in [6.07, 6.45) is 2.85. The number of hydrogen-bond donors (Lipinski definition) is 0. The van der Waals surface area contributed by atoms with Gasteiger partial charge in [-0.3, -0.25) is 9.36 Å². The smallest absolute Gasteiger partial charge is 0.263 e. The zero-order valence-corrected chi connectivity index (χ0v) is 14.7. The molecule has 0 N–H and O–H groups in total. The van der Waals surface area contributed by atoms with Gasteiger partial charge in [-0.25, -0.2) is 4.98 Å². The number of fused-ring (bicyclic) bond motifs is 1. The van der Waals surface area contributed by atoms with Gasteiger partial charge in [0.25, 0.3) is 5.56 Å². The molecule has 114 valence electrons. The van der Waals surface area contributed by atoms with E-state index in [1.54, 1.807) is 15.9 Å². The molecule has 0 radical (unpaired) electrons. The third-order valence-corrected chi connectivity index (χ3v) is 5.70. The Bertz CT molecular complexity index is 885. The van der Waals surface area contributed by atoms with Gasteiger partial charge in [0.15, 0.2) is 5.16 Å². The molecule has 2 aromatic heterocycles. The van der Waals surface area contributed by atoms with Crippen LogP contribution in [0, 0.1) is 0 Å². The van der Waals surface area contributed by atoms with Gasteiger partial charge in [-0.1, -0.05) is 48.5 Å². The summed E-state index contributed by atoms with van der Waals surface area (Å²) in [5, 5.41) is 2.09. The SMILES string of the molecule is CCc1cc2c(=O)n(Cc3ccccc3Cl)c(SC)nc2s1. The highest BCUT2D eigenvalue weighted by atomic mass is 35.5. The molecule has 0 aliphatic carbocycles. The quantitative estimate of drug-likeness (QED) is 0.515.